The number of benzene rings is 2. The third-order valence-electron chi connectivity index (χ3n) is 5.10. The number of nitrogens with one attached hydrogen (secondary N) is 2. The Balaban J connectivity index is 1.67. The first kappa shape index (κ1) is 18.3. The molecule has 4 rings (SSSR count). The lowest BCUT2D eigenvalue weighted by Gasteiger charge is -2.20. The number of hydrogen-bond donors (Lipinski definition) is 2. The molecule has 1 fully saturated rings. The number of amides is 1. The Hall–Kier alpha value is -3.12. The van der Waals surface area contributed by atoms with Crippen LogP contribution in [0.15, 0.2) is 59.7 Å². The summed E-state index contributed by atoms with van der Waals surface area (Å²) >= 11 is 0. The maximum Gasteiger partial charge on any atom is 0.272 e. The fraction of sp³-hybridized carbons (Fsp3) is 0.227. The first-order chi connectivity index (χ1) is 13.6. The second kappa shape index (κ2) is 7.86. The molecule has 6 heteroatoms. The molecule has 142 valence electrons. The number of halogens is 1. The number of para-hydroxylation sites is 1. The summed E-state index contributed by atoms with van der Waals surface area (Å²) in [6.45, 7) is 2.06. The first-order valence-electron chi connectivity index (χ1n) is 9.43. The number of hydrogen-bond acceptors (Lipinski definition) is 3. The Morgan fingerprint density at radius 2 is 1.82 bits per heavy atom. The molecule has 0 aliphatic carbocycles. The Morgan fingerprint density at radius 1 is 1.11 bits per heavy atom. The molecule has 0 atom stereocenters. The average molecular weight is 377 g/mol. The zero-order chi connectivity index (χ0) is 19.5. The summed E-state index contributed by atoms with van der Waals surface area (Å²) in [4.78, 5) is 19.0. The molecule has 3 aromatic rings. The molecule has 0 bridgehead atoms. The van der Waals surface area contributed by atoms with Gasteiger partial charge < -0.3 is 4.90 Å². The van der Waals surface area contributed by atoms with Crippen molar-refractivity contribution in [3.05, 3.63) is 66.0 Å². The molecule has 0 radical (unpaired) electrons. The van der Waals surface area contributed by atoms with Crippen LogP contribution >= 0.6 is 0 Å². The predicted molar refractivity (Wildman–Crippen MR) is 108 cm³/mol. The Morgan fingerprint density at radius 3 is 2.57 bits per heavy atom. The van der Waals surface area contributed by atoms with Crippen molar-refractivity contribution in [2.75, 3.05) is 20.1 Å². The van der Waals surface area contributed by atoms with Gasteiger partial charge in [0.15, 0.2) is 0 Å². The van der Waals surface area contributed by atoms with Crippen LogP contribution in [0.5, 0.6) is 0 Å². The van der Waals surface area contributed by atoms with Gasteiger partial charge in [-0.3, -0.25) is 4.79 Å². The molecule has 0 spiro atoms. The Kier molecular flexibility index (Phi) is 5.12. The van der Waals surface area contributed by atoms with E-state index in [-0.39, 0.29) is 11.7 Å². The lowest BCUT2D eigenvalue weighted by Crippen LogP contribution is -3.10. The first-order valence-corrected chi connectivity index (χ1v) is 9.43. The molecule has 1 aliphatic heterocycles. The third-order valence-corrected chi connectivity index (χ3v) is 5.10. The smallest absolute Gasteiger partial charge is 0.272 e. The molecule has 2 aromatic carbocycles. The molecule has 28 heavy (non-hydrogen) atoms. The van der Waals surface area contributed by atoms with Gasteiger partial charge in [0.2, 0.25) is 0 Å². The van der Waals surface area contributed by atoms with Gasteiger partial charge in [-0.05, 0) is 36.4 Å². The molecule has 1 aliphatic rings. The van der Waals surface area contributed by atoms with Crippen molar-refractivity contribution >= 4 is 22.5 Å². The van der Waals surface area contributed by atoms with E-state index in [1.54, 1.807) is 18.2 Å². The number of aromatic nitrogens is 1. The molecule has 1 saturated heterocycles. The lowest BCUT2D eigenvalue weighted by atomic mass is 10.0. The molecule has 0 saturated carbocycles. The summed E-state index contributed by atoms with van der Waals surface area (Å²) < 4.78 is 13.3. The second-order valence-electron chi connectivity index (χ2n) is 7.16. The van der Waals surface area contributed by atoms with E-state index in [2.05, 4.69) is 22.6 Å². The van der Waals surface area contributed by atoms with E-state index in [4.69, 9.17) is 0 Å². The van der Waals surface area contributed by atoms with E-state index < -0.39 is 0 Å². The zero-order valence-electron chi connectivity index (χ0n) is 15.7. The highest BCUT2D eigenvalue weighted by molar-refractivity contribution is 6.07. The molecule has 0 unspecified atom stereocenters. The summed E-state index contributed by atoms with van der Waals surface area (Å²) in [5.41, 5.74) is 6.34. The van der Waals surface area contributed by atoms with Crippen molar-refractivity contribution in [1.29, 1.82) is 0 Å². The van der Waals surface area contributed by atoms with Crippen LogP contribution < -0.4 is 10.3 Å². The number of quaternary nitrogens is 1. The highest BCUT2D eigenvalue weighted by atomic mass is 19.1. The molecule has 5 nitrogen and oxygen atoms in total. The summed E-state index contributed by atoms with van der Waals surface area (Å²) in [6.07, 6.45) is 1.79. The average Bonchev–Trinajstić information content (AvgIpc) is 2.73. The number of likely N-dealkylation sites (tertiary alicyclic amines) is 1. The van der Waals surface area contributed by atoms with E-state index in [0.717, 1.165) is 42.6 Å². The minimum atomic E-state index is -0.307. The molecular formula is C22H22FN4O+. The van der Waals surface area contributed by atoms with Crippen molar-refractivity contribution < 1.29 is 14.1 Å². The predicted octanol–water partition coefficient (Wildman–Crippen LogP) is 2.44. The van der Waals surface area contributed by atoms with E-state index in [0.29, 0.717) is 16.8 Å². The Labute approximate surface area is 162 Å². The highest BCUT2D eigenvalue weighted by Gasteiger charge is 2.17. The fourth-order valence-electron chi connectivity index (χ4n) is 3.40. The van der Waals surface area contributed by atoms with E-state index in [1.165, 1.54) is 17.0 Å². The number of nitrogens with zero attached hydrogens (tertiary/aromatic N) is 2. The van der Waals surface area contributed by atoms with Crippen LogP contribution in [-0.2, 0) is 0 Å². The van der Waals surface area contributed by atoms with Crippen LogP contribution in [0.25, 0.3) is 22.2 Å². The zero-order valence-corrected chi connectivity index (χ0v) is 15.7. The number of fused-ring (bicyclic) bond motifs is 1. The molecular weight excluding hydrogens is 355 g/mol. The van der Waals surface area contributed by atoms with Crippen molar-refractivity contribution in [1.82, 2.24) is 10.4 Å². The minimum Gasteiger partial charge on any atom is -0.337 e. The van der Waals surface area contributed by atoms with Crippen LogP contribution in [0, 0.1) is 5.82 Å². The van der Waals surface area contributed by atoms with Gasteiger partial charge in [-0.15, -0.1) is 0 Å². The molecule has 1 amide bonds. The second-order valence-corrected chi connectivity index (χ2v) is 7.16. The van der Waals surface area contributed by atoms with Gasteiger partial charge in [0.1, 0.15) is 5.82 Å². The number of carbonyl (C=O) groups is 1. The van der Waals surface area contributed by atoms with E-state index in [1.807, 2.05) is 24.3 Å². The van der Waals surface area contributed by atoms with Crippen molar-refractivity contribution in [3.8, 4) is 11.3 Å². The van der Waals surface area contributed by atoms with E-state index >= 15 is 0 Å². The SMILES string of the molecule is C[NH+]1CCC(=NNC(=O)c2cc(-c3ccc(F)cc3)nc3ccccc23)CC1. The van der Waals surface area contributed by atoms with Crippen LogP contribution in [0.1, 0.15) is 23.2 Å². The van der Waals surface area contributed by atoms with Crippen molar-refractivity contribution in [2.24, 2.45) is 5.10 Å². The van der Waals surface area contributed by atoms with Gasteiger partial charge in [-0.25, -0.2) is 14.8 Å². The summed E-state index contributed by atoms with van der Waals surface area (Å²) in [7, 11) is 2.16. The molecule has 2 N–H and O–H groups in total. The largest absolute Gasteiger partial charge is 0.337 e. The number of hydrazone groups is 1. The minimum absolute atomic E-state index is 0.263. The summed E-state index contributed by atoms with van der Waals surface area (Å²) in [5.74, 6) is -0.570. The van der Waals surface area contributed by atoms with Crippen molar-refractivity contribution in [2.45, 2.75) is 12.8 Å². The number of piperidine rings is 1. The third kappa shape index (κ3) is 3.92. The lowest BCUT2D eigenvalue weighted by molar-refractivity contribution is -0.880. The Bertz CT molecular complexity index is 1040. The topological polar surface area (TPSA) is 58.8 Å². The van der Waals surface area contributed by atoms with Crippen molar-refractivity contribution in [3.63, 3.8) is 0 Å². The number of rotatable bonds is 3. The molecule has 2 heterocycles. The summed E-state index contributed by atoms with van der Waals surface area (Å²) in [5, 5.41) is 5.11. The fourth-order valence-corrected chi connectivity index (χ4v) is 3.40. The number of carbonyl (C=O) groups excluding carboxylic acids is 1. The van der Waals surface area contributed by atoms with Gasteiger partial charge in [0, 0.05) is 29.5 Å². The van der Waals surface area contributed by atoms with Gasteiger partial charge in [0.25, 0.3) is 5.91 Å². The van der Waals surface area contributed by atoms with Gasteiger partial charge in [0.05, 0.1) is 36.9 Å². The van der Waals surface area contributed by atoms with Crippen LogP contribution in [0.3, 0.4) is 0 Å². The standard InChI is InChI=1S/C22H21FN4O/c1-27-12-10-17(11-13-27)25-26-22(28)19-14-21(15-6-8-16(23)9-7-15)24-20-5-3-2-4-18(19)20/h2-9,14H,10-13H2,1H3,(H,26,28)/p+1. The monoisotopic (exact) mass is 377 g/mol. The van der Waals surface area contributed by atoms with Gasteiger partial charge in [-0.1, -0.05) is 18.2 Å². The van der Waals surface area contributed by atoms with E-state index in [9.17, 15) is 9.18 Å². The normalized spacial score (nSPS) is 16.8. The molecule has 1 aromatic heterocycles. The highest BCUT2D eigenvalue weighted by Crippen LogP contribution is 2.25. The number of pyridine rings is 1. The van der Waals surface area contributed by atoms with Gasteiger partial charge >= 0.3 is 0 Å². The maximum atomic E-state index is 13.3. The van der Waals surface area contributed by atoms with Crippen LogP contribution in [0.4, 0.5) is 4.39 Å². The van der Waals surface area contributed by atoms with Crippen LogP contribution in [0.2, 0.25) is 0 Å². The van der Waals surface area contributed by atoms with Crippen LogP contribution in [-0.4, -0.2) is 36.7 Å². The summed E-state index contributed by atoms with van der Waals surface area (Å²) in [6, 6.07) is 15.3. The van der Waals surface area contributed by atoms with Gasteiger partial charge in [-0.2, -0.15) is 5.10 Å². The quantitative estimate of drug-likeness (QED) is 0.689. The maximum absolute atomic E-state index is 13.3.